The van der Waals surface area contributed by atoms with Crippen molar-refractivity contribution < 1.29 is 19.8 Å². The van der Waals surface area contributed by atoms with E-state index >= 15 is 0 Å². The van der Waals surface area contributed by atoms with Crippen LogP contribution < -0.4 is 0 Å². The maximum absolute atomic E-state index is 12.5. The molecule has 164 valence electrons. The van der Waals surface area contributed by atoms with Gasteiger partial charge in [0.1, 0.15) is 5.78 Å². The van der Waals surface area contributed by atoms with Crippen molar-refractivity contribution in [1.82, 2.24) is 0 Å². The van der Waals surface area contributed by atoms with E-state index in [0.29, 0.717) is 32.0 Å². The van der Waals surface area contributed by atoms with Crippen molar-refractivity contribution in [1.29, 1.82) is 0 Å². The fourth-order valence-electron chi connectivity index (χ4n) is 4.45. The Morgan fingerprint density at radius 3 is 2.67 bits per heavy atom. The number of aliphatic hydroxyl groups is 1. The first kappa shape index (κ1) is 25.3. The number of carbonyl (C=O) groups is 2. The molecule has 1 unspecified atom stereocenters. The van der Waals surface area contributed by atoms with Crippen molar-refractivity contribution in [3.63, 3.8) is 0 Å². The Morgan fingerprint density at radius 2 is 2.03 bits per heavy atom. The highest BCUT2D eigenvalue weighted by Crippen LogP contribution is 2.43. The molecule has 0 spiro atoms. The molecule has 4 atom stereocenters. The van der Waals surface area contributed by atoms with E-state index in [0.717, 1.165) is 30.2 Å². The van der Waals surface area contributed by atoms with Gasteiger partial charge in [-0.15, -0.1) is 11.3 Å². The van der Waals surface area contributed by atoms with Crippen molar-refractivity contribution in [2.75, 3.05) is 0 Å². The Hall–Kier alpha value is -0.915. The number of Topliss-reactive ketones (excluding diaryl/α,β-unsaturated/α-hetero) is 1. The van der Waals surface area contributed by atoms with Crippen LogP contribution in [0.2, 0.25) is 6.32 Å². The van der Waals surface area contributed by atoms with Crippen LogP contribution in [0.3, 0.4) is 0 Å². The summed E-state index contributed by atoms with van der Waals surface area (Å²) < 4.78 is 1.11. The van der Waals surface area contributed by atoms with Crippen LogP contribution in [-0.4, -0.2) is 35.9 Å². The number of aryl methyl sites for hydroxylation is 2. The highest BCUT2D eigenvalue weighted by atomic mass is 79.9. The summed E-state index contributed by atoms with van der Waals surface area (Å²) in [5.41, 5.74) is 0. The Bertz CT molecular complexity index is 713. The Kier molecular flexibility index (Phi) is 10.8. The number of aliphatic carboxylic acids is 1. The van der Waals surface area contributed by atoms with Gasteiger partial charge in [-0.1, -0.05) is 18.5 Å². The van der Waals surface area contributed by atoms with Gasteiger partial charge in [0.2, 0.25) is 0 Å². The number of aliphatic hydroxyl groups excluding tert-OH is 1. The number of halogens is 1. The van der Waals surface area contributed by atoms with Crippen LogP contribution >= 0.6 is 27.3 Å². The zero-order valence-electron chi connectivity index (χ0n) is 17.7. The molecule has 1 fully saturated rings. The third kappa shape index (κ3) is 7.97. The van der Waals surface area contributed by atoms with Crippen LogP contribution in [0, 0.1) is 24.7 Å². The van der Waals surface area contributed by atoms with Gasteiger partial charge in [-0.3, -0.25) is 9.59 Å². The molecule has 0 aliphatic heterocycles. The average Bonchev–Trinajstić information content (AvgIpc) is 3.19. The Labute approximate surface area is 193 Å². The van der Waals surface area contributed by atoms with E-state index in [1.807, 2.05) is 6.08 Å². The molecule has 1 heterocycles. The topological polar surface area (TPSA) is 74.6 Å². The quantitative estimate of drug-likeness (QED) is 0.215. The lowest BCUT2D eigenvalue weighted by Crippen LogP contribution is -2.21. The summed E-state index contributed by atoms with van der Waals surface area (Å²) in [7, 11) is 5.96. The lowest BCUT2D eigenvalue weighted by Gasteiger charge is -2.24. The van der Waals surface area contributed by atoms with E-state index in [2.05, 4.69) is 35.0 Å². The minimum absolute atomic E-state index is 0.123. The van der Waals surface area contributed by atoms with Gasteiger partial charge in [0.05, 0.1) is 14.0 Å². The molecule has 0 aromatic carbocycles. The van der Waals surface area contributed by atoms with Gasteiger partial charge in [0.25, 0.3) is 0 Å². The molecule has 1 aromatic heterocycles. The van der Waals surface area contributed by atoms with E-state index in [-0.39, 0.29) is 36.1 Å². The summed E-state index contributed by atoms with van der Waals surface area (Å²) in [6, 6.07) is 2.10. The lowest BCUT2D eigenvalue weighted by atomic mass is 9.77. The molecule has 2 N–H and O–H groups in total. The average molecular weight is 495 g/mol. The molecule has 2 rings (SSSR count). The Balaban J connectivity index is 1.81. The maximum Gasteiger partial charge on any atom is 0.303 e. The molecule has 0 saturated heterocycles. The molecule has 4 nitrogen and oxygen atoms in total. The predicted molar refractivity (Wildman–Crippen MR) is 126 cm³/mol. The SMILES string of the molecule is [B]C[C@@H]1CC(O)[C@H](C/C=C\CCCC(=O)O)[C@H]1CCC(=O)CCc1cc(Br)c(C)s1. The van der Waals surface area contributed by atoms with Crippen LogP contribution in [-0.2, 0) is 16.0 Å². The van der Waals surface area contributed by atoms with Crippen molar-refractivity contribution >= 4 is 46.9 Å². The molecule has 30 heavy (non-hydrogen) atoms. The van der Waals surface area contributed by atoms with Gasteiger partial charge in [-0.2, -0.15) is 0 Å². The van der Waals surface area contributed by atoms with Crippen LogP contribution in [0.5, 0.6) is 0 Å². The first-order chi connectivity index (χ1) is 14.3. The van der Waals surface area contributed by atoms with Crippen molar-refractivity contribution in [2.24, 2.45) is 17.8 Å². The summed E-state index contributed by atoms with van der Waals surface area (Å²) in [6.07, 6.45) is 9.88. The maximum atomic E-state index is 12.5. The highest BCUT2D eigenvalue weighted by molar-refractivity contribution is 9.10. The molecule has 7 heteroatoms. The van der Waals surface area contributed by atoms with Crippen LogP contribution in [0.15, 0.2) is 22.7 Å². The second-order valence-corrected chi connectivity index (χ2v) is 10.5. The number of allylic oxidation sites excluding steroid dienone is 2. The van der Waals surface area contributed by atoms with Gasteiger partial charge >= 0.3 is 5.97 Å². The van der Waals surface area contributed by atoms with Crippen molar-refractivity contribution in [3.8, 4) is 0 Å². The van der Waals surface area contributed by atoms with E-state index < -0.39 is 5.97 Å². The number of carbonyl (C=O) groups excluding carboxylic acids is 1. The Morgan fingerprint density at radius 1 is 1.27 bits per heavy atom. The largest absolute Gasteiger partial charge is 0.481 e. The second-order valence-electron chi connectivity index (χ2n) is 8.31. The molecule has 0 amide bonds. The molecule has 0 bridgehead atoms. The number of carboxylic acid groups (broad SMARTS) is 1. The van der Waals surface area contributed by atoms with Crippen LogP contribution in [0.4, 0.5) is 0 Å². The summed E-state index contributed by atoms with van der Waals surface area (Å²) >= 11 is 5.26. The second kappa shape index (κ2) is 12.8. The predicted octanol–water partition coefficient (Wildman–Crippen LogP) is 5.50. The van der Waals surface area contributed by atoms with E-state index in [4.69, 9.17) is 13.0 Å². The minimum atomic E-state index is -0.771. The zero-order chi connectivity index (χ0) is 22.1. The number of ketones is 1. The van der Waals surface area contributed by atoms with E-state index in [9.17, 15) is 14.7 Å². The summed E-state index contributed by atoms with van der Waals surface area (Å²) in [4.78, 5) is 25.5. The number of thiophene rings is 1. The standard InChI is InChI=1S/C23H32BBrO4S/c1-15-21(25)13-18(30-15)10-8-17(26)9-11-19-16(14-24)12-22(27)20(19)6-4-2-3-5-7-23(28)29/h2,4,13,16,19-20,22,27H,3,5-12,14H2,1H3,(H,28,29)/b4-2-/t16-,19-,20+,22?/m0/s1. The fraction of sp³-hybridized carbons (Fsp3) is 0.652. The third-order valence-corrected chi connectivity index (χ3v) is 8.34. The zero-order valence-corrected chi connectivity index (χ0v) is 20.1. The van der Waals surface area contributed by atoms with Gasteiger partial charge < -0.3 is 10.2 Å². The number of unbranched alkanes of at least 4 members (excludes halogenated alkanes) is 1. The molecule has 1 aliphatic carbocycles. The van der Waals surface area contributed by atoms with Gasteiger partial charge in [0.15, 0.2) is 0 Å². The number of carboxylic acids is 1. The van der Waals surface area contributed by atoms with Gasteiger partial charge in [-0.05, 0) is 85.2 Å². The number of hydrogen-bond acceptors (Lipinski definition) is 4. The summed E-state index contributed by atoms with van der Waals surface area (Å²) in [5.74, 6) is 0.145. The number of hydrogen-bond donors (Lipinski definition) is 2. The molecular formula is C23H32BBrO4S. The molecule has 2 radical (unpaired) electrons. The van der Waals surface area contributed by atoms with E-state index in [1.165, 1.54) is 9.75 Å². The van der Waals surface area contributed by atoms with Crippen molar-refractivity contribution in [2.45, 2.75) is 77.1 Å². The molecule has 1 aliphatic rings. The lowest BCUT2D eigenvalue weighted by molar-refractivity contribution is -0.137. The molecule has 1 saturated carbocycles. The monoisotopic (exact) mass is 494 g/mol. The smallest absolute Gasteiger partial charge is 0.303 e. The van der Waals surface area contributed by atoms with Gasteiger partial charge in [-0.25, -0.2) is 0 Å². The first-order valence-electron chi connectivity index (χ1n) is 10.8. The highest BCUT2D eigenvalue weighted by Gasteiger charge is 2.40. The first-order valence-corrected chi connectivity index (χ1v) is 12.4. The van der Waals surface area contributed by atoms with E-state index in [1.54, 1.807) is 11.3 Å². The van der Waals surface area contributed by atoms with Gasteiger partial charge in [0, 0.05) is 33.5 Å². The normalized spacial score (nSPS) is 24.0. The fourth-order valence-corrected chi connectivity index (χ4v) is 6.05. The molecule has 1 aromatic rings. The molecular weight excluding hydrogens is 463 g/mol. The van der Waals surface area contributed by atoms with Crippen molar-refractivity contribution in [3.05, 3.63) is 32.4 Å². The minimum Gasteiger partial charge on any atom is -0.481 e. The summed E-state index contributed by atoms with van der Waals surface area (Å²) in [5, 5.41) is 19.2. The number of rotatable bonds is 13. The summed E-state index contributed by atoms with van der Waals surface area (Å²) in [6.45, 7) is 2.07. The van der Waals surface area contributed by atoms with Crippen LogP contribution in [0.25, 0.3) is 0 Å². The third-order valence-electron chi connectivity index (χ3n) is 6.15. The van der Waals surface area contributed by atoms with Crippen LogP contribution in [0.1, 0.15) is 61.1 Å².